The predicted molar refractivity (Wildman–Crippen MR) is 119 cm³/mol. The first-order chi connectivity index (χ1) is 15.2. The Balaban J connectivity index is 1.26. The van der Waals surface area contributed by atoms with Crippen LogP contribution < -0.4 is 15.4 Å². The zero-order chi connectivity index (χ0) is 21.5. The van der Waals surface area contributed by atoms with Gasteiger partial charge in [-0.3, -0.25) is 9.98 Å². The SMILES string of the molecule is CN=C(NCCc1noc(-c2ccccn2)n1)NCc1ccc(C)cc1OCC1CC1. The summed E-state index contributed by atoms with van der Waals surface area (Å²) in [6, 6.07) is 11.9. The third-order valence-electron chi connectivity index (χ3n) is 5.06. The first-order valence-electron chi connectivity index (χ1n) is 10.6. The van der Waals surface area contributed by atoms with Crippen molar-refractivity contribution < 1.29 is 9.26 Å². The van der Waals surface area contributed by atoms with Gasteiger partial charge in [-0.1, -0.05) is 23.4 Å². The lowest BCUT2D eigenvalue weighted by Gasteiger charge is -2.15. The van der Waals surface area contributed by atoms with Gasteiger partial charge < -0.3 is 19.9 Å². The Hall–Kier alpha value is -3.42. The summed E-state index contributed by atoms with van der Waals surface area (Å²) in [6.45, 7) is 4.14. The number of hydrogen-bond acceptors (Lipinski definition) is 6. The Morgan fingerprint density at radius 3 is 2.90 bits per heavy atom. The molecule has 8 heteroatoms. The number of benzene rings is 1. The van der Waals surface area contributed by atoms with Crippen molar-refractivity contribution in [3.05, 3.63) is 59.5 Å². The lowest BCUT2D eigenvalue weighted by atomic mass is 10.1. The summed E-state index contributed by atoms with van der Waals surface area (Å²) in [5.74, 6) is 3.43. The predicted octanol–water partition coefficient (Wildman–Crippen LogP) is 3.14. The van der Waals surface area contributed by atoms with E-state index in [0.29, 0.717) is 42.9 Å². The van der Waals surface area contributed by atoms with E-state index in [4.69, 9.17) is 9.26 Å². The number of aliphatic imine (C=N–C) groups is 1. The highest BCUT2D eigenvalue weighted by Gasteiger charge is 2.22. The quantitative estimate of drug-likeness (QED) is 0.405. The van der Waals surface area contributed by atoms with Crippen LogP contribution in [-0.2, 0) is 13.0 Å². The number of rotatable bonds is 9. The van der Waals surface area contributed by atoms with Crippen molar-refractivity contribution in [1.82, 2.24) is 25.8 Å². The number of guanidine groups is 1. The summed E-state index contributed by atoms with van der Waals surface area (Å²) in [7, 11) is 1.75. The zero-order valence-corrected chi connectivity index (χ0v) is 18.0. The highest BCUT2D eigenvalue weighted by Crippen LogP contribution is 2.30. The van der Waals surface area contributed by atoms with E-state index in [1.54, 1.807) is 13.2 Å². The molecular weight excluding hydrogens is 392 g/mol. The zero-order valence-electron chi connectivity index (χ0n) is 18.0. The molecule has 2 aromatic heterocycles. The average molecular weight is 421 g/mol. The van der Waals surface area contributed by atoms with E-state index >= 15 is 0 Å². The molecule has 1 aliphatic carbocycles. The normalized spacial score (nSPS) is 13.8. The molecule has 8 nitrogen and oxygen atoms in total. The molecule has 2 heterocycles. The lowest BCUT2D eigenvalue weighted by molar-refractivity contribution is 0.296. The average Bonchev–Trinajstić information content (AvgIpc) is 3.51. The van der Waals surface area contributed by atoms with Gasteiger partial charge in [0, 0.05) is 38.3 Å². The second-order valence-electron chi connectivity index (χ2n) is 7.70. The first kappa shape index (κ1) is 20.8. The van der Waals surface area contributed by atoms with Crippen molar-refractivity contribution in [1.29, 1.82) is 0 Å². The third kappa shape index (κ3) is 6.04. The largest absolute Gasteiger partial charge is 0.493 e. The minimum absolute atomic E-state index is 0.427. The third-order valence-corrected chi connectivity index (χ3v) is 5.06. The number of ether oxygens (including phenoxy) is 1. The van der Waals surface area contributed by atoms with Crippen molar-refractivity contribution in [3.8, 4) is 17.3 Å². The van der Waals surface area contributed by atoms with Crippen LogP contribution in [0.15, 0.2) is 52.1 Å². The van der Waals surface area contributed by atoms with Crippen LogP contribution in [0.3, 0.4) is 0 Å². The van der Waals surface area contributed by atoms with Gasteiger partial charge in [0.1, 0.15) is 11.4 Å². The summed E-state index contributed by atoms with van der Waals surface area (Å²) in [4.78, 5) is 12.9. The molecule has 0 aliphatic heterocycles. The lowest BCUT2D eigenvalue weighted by Crippen LogP contribution is -2.38. The van der Waals surface area contributed by atoms with E-state index in [1.165, 1.54) is 18.4 Å². The number of aromatic nitrogens is 3. The summed E-state index contributed by atoms with van der Waals surface area (Å²) < 4.78 is 11.3. The second kappa shape index (κ2) is 10.1. The van der Waals surface area contributed by atoms with Gasteiger partial charge in [0.15, 0.2) is 11.8 Å². The van der Waals surface area contributed by atoms with Crippen molar-refractivity contribution in [2.24, 2.45) is 10.9 Å². The summed E-state index contributed by atoms with van der Waals surface area (Å²) in [5, 5.41) is 10.7. The first-order valence-corrected chi connectivity index (χ1v) is 10.6. The summed E-state index contributed by atoms with van der Waals surface area (Å²) in [5.41, 5.74) is 2.99. The van der Waals surface area contributed by atoms with Crippen LogP contribution in [0.4, 0.5) is 0 Å². The highest BCUT2D eigenvalue weighted by atomic mass is 16.5. The number of nitrogens with one attached hydrogen (secondary N) is 2. The Morgan fingerprint density at radius 1 is 1.23 bits per heavy atom. The molecule has 4 rings (SSSR count). The summed E-state index contributed by atoms with van der Waals surface area (Å²) in [6.07, 6.45) is 4.86. The molecule has 0 radical (unpaired) electrons. The maximum atomic E-state index is 6.05. The molecular formula is C23H28N6O2. The smallest absolute Gasteiger partial charge is 0.276 e. The van der Waals surface area contributed by atoms with Crippen LogP contribution in [0.5, 0.6) is 5.75 Å². The van der Waals surface area contributed by atoms with E-state index in [2.05, 4.69) is 55.9 Å². The molecule has 0 unspecified atom stereocenters. The van der Waals surface area contributed by atoms with Gasteiger partial charge in [-0.15, -0.1) is 0 Å². The summed E-state index contributed by atoms with van der Waals surface area (Å²) >= 11 is 0. The van der Waals surface area contributed by atoms with E-state index in [0.717, 1.165) is 23.8 Å². The standard InChI is InChI=1S/C23H28N6O2/c1-16-6-9-18(20(13-16)30-15-17-7-8-17)14-27-23(24-2)26-12-10-21-28-22(31-29-21)19-5-3-4-11-25-19/h3-6,9,11,13,17H,7-8,10,12,14-15H2,1-2H3,(H2,24,26,27). The van der Waals surface area contributed by atoms with Gasteiger partial charge in [0.25, 0.3) is 5.89 Å². The number of hydrogen-bond donors (Lipinski definition) is 2. The Morgan fingerprint density at radius 2 is 2.13 bits per heavy atom. The van der Waals surface area contributed by atoms with Crippen LogP contribution in [0.2, 0.25) is 0 Å². The van der Waals surface area contributed by atoms with Gasteiger partial charge >= 0.3 is 0 Å². The highest BCUT2D eigenvalue weighted by molar-refractivity contribution is 5.79. The molecule has 0 spiro atoms. The van der Waals surface area contributed by atoms with Crippen LogP contribution in [-0.4, -0.2) is 41.3 Å². The van der Waals surface area contributed by atoms with Crippen LogP contribution in [0.25, 0.3) is 11.6 Å². The van der Waals surface area contributed by atoms with Gasteiger partial charge in [-0.2, -0.15) is 4.98 Å². The van der Waals surface area contributed by atoms with Crippen molar-refractivity contribution >= 4 is 5.96 Å². The molecule has 3 aromatic rings. The molecule has 162 valence electrons. The number of nitrogens with zero attached hydrogens (tertiary/aromatic N) is 4. The molecule has 0 saturated heterocycles. The molecule has 1 saturated carbocycles. The van der Waals surface area contributed by atoms with Crippen molar-refractivity contribution in [2.75, 3.05) is 20.2 Å². The molecule has 1 aromatic carbocycles. The van der Waals surface area contributed by atoms with Crippen LogP contribution >= 0.6 is 0 Å². The van der Waals surface area contributed by atoms with E-state index in [-0.39, 0.29) is 0 Å². The molecule has 0 bridgehead atoms. The molecule has 0 amide bonds. The van der Waals surface area contributed by atoms with E-state index in [9.17, 15) is 0 Å². The van der Waals surface area contributed by atoms with Crippen molar-refractivity contribution in [3.63, 3.8) is 0 Å². The minimum Gasteiger partial charge on any atom is -0.493 e. The molecule has 1 aliphatic rings. The Bertz CT molecular complexity index is 1010. The monoisotopic (exact) mass is 420 g/mol. The minimum atomic E-state index is 0.427. The Labute approximate surface area is 182 Å². The Kier molecular flexibility index (Phi) is 6.76. The molecule has 0 atom stereocenters. The fourth-order valence-corrected chi connectivity index (χ4v) is 3.08. The fraction of sp³-hybridized carbons (Fsp3) is 0.391. The second-order valence-corrected chi connectivity index (χ2v) is 7.70. The van der Waals surface area contributed by atoms with Gasteiger partial charge in [0.2, 0.25) is 0 Å². The van der Waals surface area contributed by atoms with E-state index < -0.39 is 0 Å². The number of pyridine rings is 1. The maximum absolute atomic E-state index is 6.05. The number of aryl methyl sites for hydroxylation is 1. The fourth-order valence-electron chi connectivity index (χ4n) is 3.08. The molecule has 2 N–H and O–H groups in total. The van der Waals surface area contributed by atoms with Gasteiger partial charge in [0.05, 0.1) is 6.61 Å². The van der Waals surface area contributed by atoms with Crippen molar-refractivity contribution in [2.45, 2.75) is 32.7 Å². The van der Waals surface area contributed by atoms with Gasteiger partial charge in [-0.25, -0.2) is 0 Å². The molecule has 31 heavy (non-hydrogen) atoms. The van der Waals surface area contributed by atoms with Crippen LogP contribution in [0.1, 0.15) is 29.8 Å². The van der Waals surface area contributed by atoms with Crippen LogP contribution in [0, 0.1) is 12.8 Å². The van der Waals surface area contributed by atoms with Gasteiger partial charge in [-0.05, 0) is 49.4 Å². The van der Waals surface area contributed by atoms with E-state index in [1.807, 2.05) is 18.2 Å². The maximum Gasteiger partial charge on any atom is 0.276 e. The molecule has 1 fully saturated rings. The topological polar surface area (TPSA) is 97.5 Å².